The average Bonchev–Trinajstić information content (AvgIpc) is 3.30. The number of para-hydroxylation sites is 1. The molecular weight excluding hydrogens is 501 g/mol. The molecule has 3 aromatic carbocycles. The zero-order chi connectivity index (χ0) is 26.1. The maximum atomic E-state index is 13.8. The number of H-pyrrole nitrogens is 1. The fourth-order valence-corrected chi connectivity index (χ4v) is 4.36. The number of rotatable bonds is 4. The van der Waals surface area contributed by atoms with Crippen molar-refractivity contribution in [1.82, 2.24) is 15.1 Å². The quantitative estimate of drug-likeness (QED) is 0.254. The Bertz CT molecular complexity index is 1520. The zero-order valence-corrected chi connectivity index (χ0v) is 20.0. The largest absolute Gasteiger partial charge is 0.507 e. The topological polar surface area (TPSA) is 131 Å². The lowest BCUT2D eigenvalue weighted by Crippen LogP contribution is -2.36. The molecule has 3 amide bonds. The highest BCUT2D eigenvalue weighted by atomic mass is 35.5. The van der Waals surface area contributed by atoms with Crippen molar-refractivity contribution in [3.05, 3.63) is 88.3 Å². The molecule has 11 heteroatoms. The molecule has 0 bridgehead atoms. The summed E-state index contributed by atoms with van der Waals surface area (Å²) in [6.07, 6.45) is 0.517. The van der Waals surface area contributed by atoms with Gasteiger partial charge < -0.3 is 25.7 Å². The van der Waals surface area contributed by atoms with Crippen LogP contribution in [0.2, 0.25) is 5.02 Å². The monoisotopic (exact) mass is 521 g/mol. The van der Waals surface area contributed by atoms with Gasteiger partial charge in [0.15, 0.2) is 0 Å². The van der Waals surface area contributed by atoms with Crippen LogP contribution in [0.25, 0.3) is 11.3 Å². The summed E-state index contributed by atoms with van der Waals surface area (Å²) in [5.41, 5.74) is 3.10. The number of halogens is 2. The average molecular weight is 522 g/mol. The summed E-state index contributed by atoms with van der Waals surface area (Å²) >= 11 is 6.03. The first-order chi connectivity index (χ1) is 17.8. The Morgan fingerprint density at radius 1 is 1.03 bits per heavy atom. The molecular formula is C26H21ClFN5O4. The van der Waals surface area contributed by atoms with Crippen LogP contribution < -0.4 is 10.6 Å². The molecule has 0 spiro atoms. The summed E-state index contributed by atoms with van der Waals surface area (Å²) in [7, 11) is 0. The first-order valence-electron chi connectivity index (χ1n) is 11.3. The lowest BCUT2D eigenvalue weighted by Gasteiger charge is -2.27. The van der Waals surface area contributed by atoms with Crippen molar-refractivity contribution in [2.45, 2.75) is 13.0 Å². The van der Waals surface area contributed by atoms with Gasteiger partial charge in [-0.3, -0.25) is 9.89 Å². The number of urea groups is 1. The number of benzene rings is 3. The molecule has 37 heavy (non-hydrogen) atoms. The maximum Gasteiger partial charge on any atom is 0.323 e. The van der Waals surface area contributed by atoms with Crippen LogP contribution in [-0.4, -0.2) is 43.8 Å². The molecule has 4 aromatic rings. The van der Waals surface area contributed by atoms with Crippen molar-refractivity contribution >= 4 is 34.9 Å². The van der Waals surface area contributed by atoms with E-state index >= 15 is 0 Å². The number of hydrogen-bond acceptors (Lipinski definition) is 5. The van der Waals surface area contributed by atoms with Crippen LogP contribution in [0, 0.1) is 5.82 Å². The van der Waals surface area contributed by atoms with Crippen molar-refractivity contribution in [3.63, 3.8) is 0 Å². The van der Waals surface area contributed by atoms with Gasteiger partial charge >= 0.3 is 6.03 Å². The van der Waals surface area contributed by atoms with Gasteiger partial charge in [0.25, 0.3) is 5.91 Å². The molecule has 0 saturated carbocycles. The van der Waals surface area contributed by atoms with Crippen molar-refractivity contribution in [1.29, 1.82) is 0 Å². The Kier molecular flexibility index (Phi) is 6.41. The minimum absolute atomic E-state index is 0.0354. The van der Waals surface area contributed by atoms with Crippen LogP contribution in [0.15, 0.2) is 60.7 Å². The number of anilines is 2. The second-order valence-corrected chi connectivity index (χ2v) is 8.87. The zero-order valence-electron chi connectivity index (χ0n) is 19.3. The van der Waals surface area contributed by atoms with Crippen molar-refractivity contribution < 1.29 is 24.2 Å². The lowest BCUT2D eigenvalue weighted by molar-refractivity contribution is 0.0734. The van der Waals surface area contributed by atoms with Crippen LogP contribution in [-0.2, 0) is 13.0 Å². The Labute approximate surface area is 215 Å². The van der Waals surface area contributed by atoms with E-state index in [2.05, 4.69) is 20.8 Å². The molecule has 0 atom stereocenters. The van der Waals surface area contributed by atoms with Gasteiger partial charge in [-0.15, -0.1) is 0 Å². The third-order valence-electron chi connectivity index (χ3n) is 6.03. The first kappa shape index (κ1) is 24.1. The maximum absolute atomic E-state index is 13.8. The minimum Gasteiger partial charge on any atom is -0.507 e. The van der Waals surface area contributed by atoms with E-state index in [0.717, 1.165) is 17.3 Å². The lowest BCUT2D eigenvalue weighted by atomic mass is 9.99. The summed E-state index contributed by atoms with van der Waals surface area (Å²) in [5, 5.41) is 32.5. The van der Waals surface area contributed by atoms with Gasteiger partial charge in [0, 0.05) is 53.6 Å². The Balaban J connectivity index is 1.33. The smallest absolute Gasteiger partial charge is 0.323 e. The number of nitrogens with one attached hydrogen (secondary N) is 3. The normalized spacial score (nSPS) is 12.6. The van der Waals surface area contributed by atoms with Gasteiger partial charge in [0.05, 0.1) is 10.7 Å². The summed E-state index contributed by atoms with van der Waals surface area (Å²) in [5.74, 6) is -1.26. The van der Waals surface area contributed by atoms with E-state index in [1.165, 1.54) is 24.3 Å². The minimum atomic E-state index is -0.646. The summed E-state index contributed by atoms with van der Waals surface area (Å²) in [6.45, 7) is 0.657. The van der Waals surface area contributed by atoms with Gasteiger partial charge in [0.1, 0.15) is 23.0 Å². The number of aromatic amines is 1. The van der Waals surface area contributed by atoms with E-state index in [0.29, 0.717) is 35.5 Å². The number of amides is 3. The number of phenolic OH excluding ortho intramolecular Hbond substituents is 2. The predicted octanol–water partition coefficient (Wildman–Crippen LogP) is 5.12. The standard InChI is InChI=1S/C26H21ClFN5O4/c27-18-11-16(22(34)12-23(18)35)24-17-13-33(9-8-20(17)31-32-24)25(36)14-4-3-5-15(10-14)29-26(37)30-21-7-2-1-6-19(21)28/h1-7,10-12,34-35H,8-9,13H2,(H,31,32)(H2,29,30,37). The van der Waals surface area contributed by atoms with E-state index in [4.69, 9.17) is 11.6 Å². The molecule has 2 heterocycles. The number of carbonyl (C=O) groups is 2. The highest BCUT2D eigenvalue weighted by Gasteiger charge is 2.28. The van der Waals surface area contributed by atoms with Crippen LogP contribution in [0.3, 0.4) is 0 Å². The Morgan fingerprint density at radius 2 is 1.84 bits per heavy atom. The molecule has 188 valence electrons. The van der Waals surface area contributed by atoms with Gasteiger partial charge in [0.2, 0.25) is 0 Å². The summed E-state index contributed by atoms with van der Waals surface area (Å²) in [6, 6.07) is 14.2. The van der Waals surface area contributed by atoms with Gasteiger partial charge in [-0.05, 0) is 36.4 Å². The number of fused-ring (bicyclic) bond motifs is 1. The van der Waals surface area contributed by atoms with Crippen LogP contribution in [0.4, 0.5) is 20.6 Å². The van der Waals surface area contributed by atoms with Crippen molar-refractivity contribution in [2.24, 2.45) is 0 Å². The number of aromatic hydroxyl groups is 2. The van der Waals surface area contributed by atoms with Crippen molar-refractivity contribution in [3.8, 4) is 22.8 Å². The highest BCUT2D eigenvalue weighted by Crippen LogP contribution is 2.39. The number of nitrogens with zero attached hydrogens (tertiary/aromatic N) is 2. The molecule has 0 fully saturated rings. The SMILES string of the molecule is O=C(Nc1cccc(C(=O)N2CCc3[nH]nc(-c4cc(Cl)c(O)cc4O)c3C2)c1)Nc1ccccc1F. The van der Waals surface area contributed by atoms with Gasteiger partial charge in [-0.2, -0.15) is 5.10 Å². The van der Waals surface area contributed by atoms with Crippen LogP contribution in [0.5, 0.6) is 11.5 Å². The molecule has 1 aliphatic rings. The van der Waals surface area contributed by atoms with E-state index in [-0.39, 0.29) is 34.7 Å². The van der Waals surface area contributed by atoms with E-state index < -0.39 is 11.8 Å². The Morgan fingerprint density at radius 3 is 2.65 bits per heavy atom. The van der Waals surface area contributed by atoms with E-state index in [1.54, 1.807) is 35.2 Å². The summed E-state index contributed by atoms with van der Waals surface area (Å²) < 4.78 is 13.8. The molecule has 1 aliphatic heterocycles. The van der Waals surface area contributed by atoms with Gasteiger partial charge in [-0.25, -0.2) is 9.18 Å². The summed E-state index contributed by atoms with van der Waals surface area (Å²) in [4.78, 5) is 27.3. The molecule has 1 aromatic heterocycles. The third kappa shape index (κ3) is 4.91. The fraction of sp³-hybridized carbons (Fsp3) is 0.115. The second kappa shape index (κ2) is 9.82. The molecule has 5 N–H and O–H groups in total. The number of carbonyl (C=O) groups excluding carboxylic acids is 2. The predicted molar refractivity (Wildman–Crippen MR) is 136 cm³/mol. The molecule has 5 rings (SSSR count). The van der Waals surface area contributed by atoms with E-state index in [9.17, 15) is 24.2 Å². The molecule has 0 saturated heterocycles. The van der Waals surface area contributed by atoms with Gasteiger partial charge in [-0.1, -0.05) is 29.8 Å². The third-order valence-corrected chi connectivity index (χ3v) is 6.33. The number of phenols is 2. The molecule has 0 aliphatic carbocycles. The Hall–Kier alpha value is -4.57. The second-order valence-electron chi connectivity index (χ2n) is 8.47. The van der Waals surface area contributed by atoms with Crippen LogP contribution in [0.1, 0.15) is 21.6 Å². The highest BCUT2D eigenvalue weighted by molar-refractivity contribution is 6.32. The van der Waals surface area contributed by atoms with Crippen LogP contribution >= 0.6 is 11.6 Å². The number of hydrogen-bond donors (Lipinski definition) is 5. The molecule has 0 radical (unpaired) electrons. The molecule has 9 nitrogen and oxygen atoms in total. The van der Waals surface area contributed by atoms with Crippen molar-refractivity contribution in [2.75, 3.05) is 17.2 Å². The molecule has 0 unspecified atom stereocenters. The fourth-order valence-electron chi connectivity index (χ4n) is 4.19. The first-order valence-corrected chi connectivity index (χ1v) is 11.7. The number of aromatic nitrogens is 2. The van der Waals surface area contributed by atoms with E-state index in [1.807, 2.05) is 0 Å².